The van der Waals surface area contributed by atoms with Crippen LogP contribution in [0.5, 0.6) is 5.75 Å². The average molecular weight is 443 g/mol. The van der Waals surface area contributed by atoms with Crippen LogP contribution in [0.25, 0.3) is 0 Å². The number of aryl methyl sites for hydroxylation is 1. The molecule has 0 unspecified atom stereocenters. The smallest absolute Gasteiger partial charge is 0.243 e. The number of carbonyl (C=O) groups is 2. The molecule has 0 spiro atoms. The van der Waals surface area contributed by atoms with Gasteiger partial charge in [0.15, 0.2) is 0 Å². The summed E-state index contributed by atoms with van der Waals surface area (Å²) in [6, 6.07) is 15.2. The lowest BCUT2D eigenvalue weighted by Gasteiger charge is -2.33. The number of hydrogen-bond acceptors (Lipinski definition) is 4. The van der Waals surface area contributed by atoms with E-state index in [2.05, 4.69) is 5.32 Å². The zero-order valence-electron chi connectivity index (χ0n) is 19.4. The molecule has 168 valence electrons. The van der Waals surface area contributed by atoms with Gasteiger partial charge in [0.25, 0.3) is 0 Å². The zero-order valence-corrected chi connectivity index (χ0v) is 20.2. The van der Waals surface area contributed by atoms with Crippen LogP contribution in [0.2, 0.25) is 0 Å². The summed E-state index contributed by atoms with van der Waals surface area (Å²) in [7, 11) is 1.62. The van der Waals surface area contributed by atoms with Crippen LogP contribution >= 0.6 is 11.8 Å². The number of nitrogens with zero attached hydrogens (tertiary/aromatic N) is 1. The molecule has 0 heterocycles. The number of methoxy groups -OCH3 is 1. The number of benzene rings is 2. The van der Waals surface area contributed by atoms with Crippen molar-refractivity contribution in [2.75, 3.05) is 12.9 Å². The van der Waals surface area contributed by atoms with Crippen molar-refractivity contribution in [3.8, 4) is 5.75 Å². The summed E-state index contributed by atoms with van der Waals surface area (Å²) in [5, 5.41) is 3.03. The second-order valence-electron chi connectivity index (χ2n) is 8.63. The number of ether oxygens (including phenoxy) is 1. The third-order valence-corrected chi connectivity index (χ3v) is 5.78. The SMILES string of the molecule is CC[C@@H](C(=O)NC(C)(C)C)N(Cc1ccc(OC)cc1)C(=O)CSc1ccc(C)cc1. The fraction of sp³-hybridized carbons (Fsp3) is 0.440. The van der Waals surface area contributed by atoms with E-state index in [1.165, 1.54) is 17.3 Å². The molecular formula is C25H34N2O3S. The molecule has 0 aliphatic rings. The van der Waals surface area contributed by atoms with Crippen LogP contribution < -0.4 is 10.1 Å². The van der Waals surface area contributed by atoms with Crippen molar-refractivity contribution in [3.05, 3.63) is 59.7 Å². The molecule has 0 aromatic heterocycles. The Hall–Kier alpha value is -2.47. The maximum absolute atomic E-state index is 13.3. The van der Waals surface area contributed by atoms with E-state index in [9.17, 15) is 9.59 Å². The summed E-state index contributed by atoms with van der Waals surface area (Å²) in [6.45, 7) is 10.2. The minimum absolute atomic E-state index is 0.0581. The first-order valence-electron chi connectivity index (χ1n) is 10.6. The summed E-state index contributed by atoms with van der Waals surface area (Å²) in [5.41, 5.74) is 1.77. The molecule has 2 aromatic rings. The van der Waals surface area contributed by atoms with Crippen molar-refractivity contribution in [2.45, 2.75) is 64.1 Å². The summed E-state index contributed by atoms with van der Waals surface area (Å²) in [4.78, 5) is 29.0. The topological polar surface area (TPSA) is 58.6 Å². The Morgan fingerprint density at radius 1 is 1.06 bits per heavy atom. The van der Waals surface area contributed by atoms with E-state index in [1.807, 2.05) is 83.1 Å². The van der Waals surface area contributed by atoms with Crippen molar-refractivity contribution in [1.29, 1.82) is 0 Å². The van der Waals surface area contributed by atoms with Crippen LogP contribution in [-0.4, -0.2) is 41.2 Å². The Balaban J connectivity index is 2.22. The fourth-order valence-electron chi connectivity index (χ4n) is 3.16. The summed E-state index contributed by atoms with van der Waals surface area (Å²) >= 11 is 1.49. The van der Waals surface area contributed by atoms with Crippen LogP contribution in [0.1, 0.15) is 45.2 Å². The van der Waals surface area contributed by atoms with Gasteiger partial charge in [0, 0.05) is 17.0 Å². The highest BCUT2D eigenvalue weighted by Crippen LogP contribution is 2.22. The Bertz CT molecular complexity index is 858. The molecule has 0 fully saturated rings. The summed E-state index contributed by atoms with van der Waals surface area (Å²) in [6.07, 6.45) is 0.541. The van der Waals surface area contributed by atoms with Gasteiger partial charge < -0.3 is 15.0 Å². The molecular weight excluding hydrogens is 408 g/mol. The van der Waals surface area contributed by atoms with Gasteiger partial charge in [-0.15, -0.1) is 11.8 Å². The lowest BCUT2D eigenvalue weighted by Crippen LogP contribution is -2.53. The number of thioether (sulfide) groups is 1. The molecule has 5 nitrogen and oxygen atoms in total. The Morgan fingerprint density at radius 3 is 2.19 bits per heavy atom. The maximum Gasteiger partial charge on any atom is 0.243 e. The number of hydrogen-bond donors (Lipinski definition) is 1. The quantitative estimate of drug-likeness (QED) is 0.566. The second kappa shape index (κ2) is 11.2. The van der Waals surface area contributed by atoms with Gasteiger partial charge >= 0.3 is 0 Å². The molecule has 2 aromatic carbocycles. The number of rotatable bonds is 9. The number of carbonyl (C=O) groups excluding carboxylic acids is 2. The Labute approximate surface area is 190 Å². The van der Waals surface area contributed by atoms with Crippen molar-refractivity contribution in [3.63, 3.8) is 0 Å². The van der Waals surface area contributed by atoms with E-state index < -0.39 is 6.04 Å². The molecule has 1 atom stereocenters. The average Bonchev–Trinajstić information content (AvgIpc) is 2.72. The van der Waals surface area contributed by atoms with Crippen LogP contribution in [0.15, 0.2) is 53.4 Å². The Morgan fingerprint density at radius 2 is 1.68 bits per heavy atom. The number of amides is 2. The van der Waals surface area contributed by atoms with E-state index in [1.54, 1.807) is 12.0 Å². The molecule has 0 radical (unpaired) electrons. The first-order valence-corrected chi connectivity index (χ1v) is 11.6. The van der Waals surface area contributed by atoms with Crippen molar-refractivity contribution in [1.82, 2.24) is 10.2 Å². The fourth-order valence-corrected chi connectivity index (χ4v) is 3.95. The van der Waals surface area contributed by atoms with Gasteiger partial charge in [0.05, 0.1) is 12.9 Å². The standard InChI is InChI=1S/C25H34N2O3S/c1-7-22(24(29)26-25(3,4)5)27(16-19-10-12-20(30-6)13-11-19)23(28)17-31-21-14-8-18(2)9-15-21/h8-15,22H,7,16-17H2,1-6H3,(H,26,29)/t22-/m0/s1. The van der Waals surface area contributed by atoms with Gasteiger partial charge in [-0.3, -0.25) is 9.59 Å². The molecule has 0 saturated carbocycles. The first-order chi connectivity index (χ1) is 14.6. The summed E-state index contributed by atoms with van der Waals surface area (Å²) < 4.78 is 5.23. The molecule has 2 amide bonds. The van der Waals surface area contributed by atoms with Gasteiger partial charge in [-0.25, -0.2) is 0 Å². The predicted molar refractivity (Wildman–Crippen MR) is 127 cm³/mol. The predicted octanol–water partition coefficient (Wildman–Crippen LogP) is 4.82. The van der Waals surface area contributed by atoms with Gasteiger partial charge in [0.1, 0.15) is 11.8 Å². The van der Waals surface area contributed by atoms with E-state index in [4.69, 9.17) is 4.74 Å². The van der Waals surface area contributed by atoms with Gasteiger partial charge in [-0.05, 0) is 63.9 Å². The highest BCUT2D eigenvalue weighted by Gasteiger charge is 2.30. The highest BCUT2D eigenvalue weighted by molar-refractivity contribution is 8.00. The Kier molecular flexibility index (Phi) is 8.99. The molecule has 31 heavy (non-hydrogen) atoms. The minimum Gasteiger partial charge on any atom is -0.497 e. The molecule has 0 saturated heterocycles. The third-order valence-electron chi connectivity index (χ3n) is 4.78. The first kappa shape index (κ1) is 24.8. The van der Waals surface area contributed by atoms with Gasteiger partial charge in [-0.1, -0.05) is 36.8 Å². The zero-order chi connectivity index (χ0) is 23.0. The molecule has 0 bridgehead atoms. The van der Waals surface area contributed by atoms with E-state index in [0.29, 0.717) is 13.0 Å². The maximum atomic E-state index is 13.3. The minimum atomic E-state index is -0.535. The van der Waals surface area contributed by atoms with E-state index >= 15 is 0 Å². The van der Waals surface area contributed by atoms with E-state index in [0.717, 1.165) is 16.2 Å². The molecule has 0 aliphatic carbocycles. The van der Waals surface area contributed by atoms with E-state index in [-0.39, 0.29) is 23.1 Å². The highest BCUT2D eigenvalue weighted by atomic mass is 32.2. The van der Waals surface area contributed by atoms with Gasteiger partial charge in [0.2, 0.25) is 11.8 Å². The van der Waals surface area contributed by atoms with Crippen LogP contribution in [0.3, 0.4) is 0 Å². The lowest BCUT2D eigenvalue weighted by atomic mass is 10.1. The van der Waals surface area contributed by atoms with Crippen LogP contribution in [0.4, 0.5) is 0 Å². The van der Waals surface area contributed by atoms with Crippen molar-refractivity contribution >= 4 is 23.6 Å². The monoisotopic (exact) mass is 442 g/mol. The molecule has 1 N–H and O–H groups in total. The number of nitrogens with one attached hydrogen (secondary N) is 1. The second-order valence-corrected chi connectivity index (χ2v) is 9.68. The summed E-state index contributed by atoms with van der Waals surface area (Å²) in [5.74, 6) is 0.849. The van der Waals surface area contributed by atoms with Crippen LogP contribution in [0, 0.1) is 6.92 Å². The molecule has 6 heteroatoms. The van der Waals surface area contributed by atoms with Gasteiger partial charge in [-0.2, -0.15) is 0 Å². The van der Waals surface area contributed by atoms with Crippen molar-refractivity contribution < 1.29 is 14.3 Å². The largest absolute Gasteiger partial charge is 0.497 e. The van der Waals surface area contributed by atoms with Crippen LogP contribution in [-0.2, 0) is 16.1 Å². The molecule has 2 rings (SSSR count). The molecule has 0 aliphatic heterocycles. The van der Waals surface area contributed by atoms with Crippen molar-refractivity contribution in [2.24, 2.45) is 0 Å². The third kappa shape index (κ3) is 7.94. The lowest BCUT2D eigenvalue weighted by molar-refractivity contribution is -0.140. The normalized spacial score (nSPS) is 12.2.